The first-order valence-electron chi connectivity index (χ1n) is 7.01. The van der Waals surface area contributed by atoms with Gasteiger partial charge in [-0.3, -0.25) is 0 Å². The zero-order valence-corrected chi connectivity index (χ0v) is 11.4. The Morgan fingerprint density at radius 2 is 2.33 bits per heavy atom. The lowest BCUT2D eigenvalue weighted by Crippen LogP contribution is -2.30. The van der Waals surface area contributed by atoms with E-state index in [0.29, 0.717) is 12.2 Å². The molecule has 0 aromatic rings. The van der Waals surface area contributed by atoms with E-state index < -0.39 is 0 Å². The summed E-state index contributed by atoms with van der Waals surface area (Å²) in [5, 5.41) is 0. The third-order valence-electron chi connectivity index (χ3n) is 4.94. The van der Waals surface area contributed by atoms with Crippen LogP contribution in [0.2, 0.25) is 0 Å². The summed E-state index contributed by atoms with van der Waals surface area (Å²) in [4.78, 5) is 11.5. The number of esters is 1. The average Bonchev–Trinajstić information content (AvgIpc) is 2.53. The van der Waals surface area contributed by atoms with Gasteiger partial charge in [-0.05, 0) is 50.4 Å². The SMILES string of the molecule is C=C(C)C(=O)OCC1(C)C=C2CC3CC(CC23)C1. The van der Waals surface area contributed by atoms with Crippen LogP contribution in [-0.4, -0.2) is 12.6 Å². The van der Waals surface area contributed by atoms with E-state index in [2.05, 4.69) is 19.6 Å². The second-order valence-electron chi connectivity index (χ2n) is 6.84. The molecule has 3 aliphatic carbocycles. The van der Waals surface area contributed by atoms with Crippen LogP contribution in [0.3, 0.4) is 0 Å². The Morgan fingerprint density at radius 1 is 1.56 bits per heavy atom. The molecule has 0 saturated heterocycles. The molecule has 2 nitrogen and oxygen atoms in total. The van der Waals surface area contributed by atoms with Gasteiger partial charge in [0.05, 0.1) is 0 Å². The van der Waals surface area contributed by atoms with Gasteiger partial charge >= 0.3 is 5.97 Å². The van der Waals surface area contributed by atoms with Crippen LogP contribution in [-0.2, 0) is 9.53 Å². The van der Waals surface area contributed by atoms with Gasteiger partial charge in [0.25, 0.3) is 0 Å². The zero-order chi connectivity index (χ0) is 12.9. The molecule has 2 saturated carbocycles. The minimum absolute atomic E-state index is 0.0469. The molecule has 0 N–H and O–H groups in total. The van der Waals surface area contributed by atoms with Crippen molar-refractivity contribution in [3.8, 4) is 0 Å². The number of ether oxygens (including phenoxy) is 1. The van der Waals surface area contributed by atoms with E-state index in [1.807, 2.05) is 0 Å². The van der Waals surface area contributed by atoms with Gasteiger partial charge in [-0.25, -0.2) is 4.79 Å². The van der Waals surface area contributed by atoms with E-state index in [4.69, 9.17) is 4.74 Å². The van der Waals surface area contributed by atoms with Crippen LogP contribution in [0.15, 0.2) is 23.8 Å². The van der Waals surface area contributed by atoms with Crippen molar-refractivity contribution < 1.29 is 9.53 Å². The third kappa shape index (κ3) is 1.92. The molecule has 98 valence electrons. The Labute approximate surface area is 109 Å². The Hall–Kier alpha value is -1.05. The highest BCUT2D eigenvalue weighted by Crippen LogP contribution is 2.58. The van der Waals surface area contributed by atoms with Gasteiger partial charge in [0.2, 0.25) is 0 Å². The van der Waals surface area contributed by atoms with Crippen molar-refractivity contribution in [2.45, 2.75) is 39.5 Å². The summed E-state index contributed by atoms with van der Waals surface area (Å²) in [5.41, 5.74) is 2.17. The smallest absolute Gasteiger partial charge is 0.333 e. The number of hydrogen-bond acceptors (Lipinski definition) is 2. The van der Waals surface area contributed by atoms with Gasteiger partial charge < -0.3 is 4.74 Å². The summed E-state index contributed by atoms with van der Waals surface area (Å²) in [6.07, 6.45) is 7.66. The highest BCUT2D eigenvalue weighted by molar-refractivity contribution is 5.86. The molecule has 0 heterocycles. The maximum atomic E-state index is 11.5. The van der Waals surface area contributed by atoms with Gasteiger partial charge in [-0.1, -0.05) is 25.2 Å². The Kier molecular flexibility index (Phi) is 2.65. The fraction of sp³-hybridized carbons (Fsp3) is 0.688. The minimum atomic E-state index is -0.254. The van der Waals surface area contributed by atoms with Gasteiger partial charge in [-0.2, -0.15) is 0 Å². The lowest BCUT2D eigenvalue weighted by atomic mass is 9.68. The number of hydrogen-bond donors (Lipinski definition) is 0. The highest BCUT2D eigenvalue weighted by Gasteiger charge is 2.48. The molecule has 0 aromatic carbocycles. The fourth-order valence-corrected chi connectivity index (χ4v) is 4.17. The summed E-state index contributed by atoms with van der Waals surface area (Å²) in [6, 6.07) is 0. The van der Waals surface area contributed by atoms with Crippen LogP contribution >= 0.6 is 0 Å². The first-order valence-corrected chi connectivity index (χ1v) is 7.01. The molecule has 2 fully saturated rings. The predicted molar refractivity (Wildman–Crippen MR) is 70.9 cm³/mol. The molecule has 18 heavy (non-hydrogen) atoms. The van der Waals surface area contributed by atoms with Crippen molar-refractivity contribution in [2.24, 2.45) is 23.2 Å². The Morgan fingerprint density at radius 3 is 3.06 bits per heavy atom. The van der Waals surface area contributed by atoms with Crippen LogP contribution in [0, 0.1) is 23.2 Å². The second-order valence-corrected chi connectivity index (χ2v) is 6.84. The van der Waals surface area contributed by atoms with Crippen molar-refractivity contribution in [3.05, 3.63) is 23.8 Å². The van der Waals surface area contributed by atoms with Crippen molar-refractivity contribution in [1.29, 1.82) is 0 Å². The van der Waals surface area contributed by atoms with Gasteiger partial charge in [0, 0.05) is 11.0 Å². The Balaban J connectivity index is 1.71. The van der Waals surface area contributed by atoms with Crippen molar-refractivity contribution in [2.75, 3.05) is 6.61 Å². The number of rotatable bonds is 3. The molecular weight excluding hydrogens is 224 g/mol. The summed E-state index contributed by atoms with van der Waals surface area (Å²) in [5.74, 6) is 2.43. The standard InChI is InChI=1S/C16H22O2/c1-10(2)15(17)18-9-16(3)7-11-4-12-6-13(8-16)14(12)5-11/h8,11-12,14H,1,4-7,9H2,2-3H3. The average molecular weight is 246 g/mol. The van der Waals surface area contributed by atoms with E-state index >= 15 is 0 Å². The molecule has 0 aliphatic heterocycles. The largest absolute Gasteiger partial charge is 0.461 e. The molecule has 4 atom stereocenters. The lowest BCUT2D eigenvalue weighted by molar-refractivity contribution is -0.141. The Bertz CT molecular complexity index is 434. The van der Waals surface area contributed by atoms with Crippen LogP contribution in [0.5, 0.6) is 0 Å². The molecule has 3 aliphatic rings. The zero-order valence-electron chi connectivity index (χ0n) is 11.4. The van der Waals surface area contributed by atoms with Crippen LogP contribution in [0.1, 0.15) is 39.5 Å². The molecule has 3 rings (SSSR count). The lowest BCUT2D eigenvalue weighted by Gasteiger charge is -2.38. The third-order valence-corrected chi connectivity index (χ3v) is 4.94. The molecular formula is C16H22O2. The molecule has 0 spiro atoms. The highest BCUT2D eigenvalue weighted by atomic mass is 16.5. The van der Waals surface area contributed by atoms with Gasteiger partial charge in [-0.15, -0.1) is 0 Å². The van der Waals surface area contributed by atoms with Crippen LogP contribution in [0.25, 0.3) is 0 Å². The monoisotopic (exact) mass is 246 g/mol. The molecule has 0 aromatic heterocycles. The maximum absolute atomic E-state index is 11.5. The molecule has 0 radical (unpaired) electrons. The first-order chi connectivity index (χ1) is 8.47. The van der Waals surface area contributed by atoms with Crippen LogP contribution < -0.4 is 0 Å². The quantitative estimate of drug-likeness (QED) is 0.433. The minimum Gasteiger partial charge on any atom is -0.461 e. The van der Waals surface area contributed by atoms with Crippen molar-refractivity contribution in [1.82, 2.24) is 0 Å². The predicted octanol–water partition coefficient (Wildman–Crippen LogP) is 3.49. The van der Waals surface area contributed by atoms with E-state index in [9.17, 15) is 4.79 Å². The second kappa shape index (κ2) is 3.97. The van der Waals surface area contributed by atoms with E-state index in [-0.39, 0.29) is 11.4 Å². The van der Waals surface area contributed by atoms with Gasteiger partial charge in [0.1, 0.15) is 6.61 Å². The summed E-state index contributed by atoms with van der Waals surface area (Å²) < 4.78 is 5.39. The first kappa shape index (κ1) is 12.0. The van der Waals surface area contributed by atoms with E-state index in [0.717, 1.165) is 17.8 Å². The van der Waals surface area contributed by atoms with E-state index in [1.165, 1.54) is 25.7 Å². The molecule has 2 bridgehead atoms. The number of allylic oxidation sites excluding steroid dienone is 1. The number of carbonyl (C=O) groups excluding carboxylic acids is 1. The molecule has 0 amide bonds. The summed E-state index contributed by atoms with van der Waals surface area (Å²) in [7, 11) is 0. The topological polar surface area (TPSA) is 26.3 Å². The maximum Gasteiger partial charge on any atom is 0.333 e. The number of carbonyl (C=O) groups is 1. The summed E-state index contributed by atoms with van der Waals surface area (Å²) >= 11 is 0. The van der Waals surface area contributed by atoms with Crippen molar-refractivity contribution >= 4 is 5.97 Å². The van der Waals surface area contributed by atoms with E-state index in [1.54, 1.807) is 12.5 Å². The fourth-order valence-electron chi connectivity index (χ4n) is 4.17. The van der Waals surface area contributed by atoms with Crippen LogP contribution in [0.4, 0.5) is 0 Å². The number of fused-ring (bicyclic) bond motifs is 1. The van der Waals surface area contributed by atoms with Crippen molar-refractivity contribution in [3.63, 3.8) is 0 Å². The summed E-state index contributed by atoms with van der Waals surface area (Å²) in [6.45, 7) is 8.08. The molecule has 2 heteroatoms. The molecule has 4 unspecified atom stereocenters. The normalized spacial score (nSPS) is 40.6. The van der Waals surface area contributed by atoms with Gasteiger partial charge in [0.15, 0.2) is 0 Å².